The molecule has 0 N–H and O–H groups in total. The van der Waals surface area contributed by atoms with Gasteiger partial charge in [0.05, 0.1) is 11.4 Å². The molecule has 0 aliphatic rings. The molecule has 0 spiro atoms. The van der Waals surface area contributed by atoms with Gasteiger partial charge >= 0.3 is 21.1 Å². The van der Waals surface area contributed by atoms with Crippen LogP contribution in [-0.4, -0.2) is 24.9 Å². The van der Waals surface area contributed by atoms with Crippen molar-refractivity contribution in [3.05, 3.63) is 90.3 Å². The van der Waals surface area contributed by atoms with Crippen LogP contribution < -0.4 is 4.98 Å². The molecule has 0 radical (unpaired) electrons. The molecule has 166 valence electrons. The fraction of sp³-hybridized carbons (Fsp3) is 0.125. The van der Waals surface area contributed by atoms with E-state index in [1.54, 1.807) is 30.6 Å². The van der Waals surface area contributed by atoms with Crippen LogP contribution in [0.2, 0.25) is 0 Å². The summed E-state index contributed by atoms with van der Waals surface area (Å²) in [5.41, 5.74) is 3.19. The molecule has 5 rings (SSSR count). The van der Waals surface area contributed by atoms with Crippen molar-refractivity contribution in [2.45, 2.75) is 19.3 Å². The Morgan fingerprint density at radius 1 is 0.879 bits per heavy atom. The Hall–Kier alpha value is -3.38. The van der Waals surface area contributed by atoms with Crippen LogP contribution in [0.1, 0.15) is 25.2 Å². The largest absolute Gasteiger partial charge is 2.00 e. The molecule has 0 aliphatic heterocycles. The Kier molecular flexibility index (Phi) is 6.13. The van der Waals surface area contributed by atoms with Gasteiger partial charge in [-0.05, 0) is 60.7 Å². The molecule has 0 saturated carbocycles. The molecule has 0 amide bonds. The van der Waals surface area contributed by atoms with Crippen LogP contribution in [0.25, 0.3) is 33.8 Å². The third kappa shape index (κ3) is 4.31. The van der Waals surface area contributed by atoms with Gasteiger partial charge in [-0.1, -0.05) is 29.8 Å². The van der Waals surface area contributed by atoms with Crippen molar-refractivity contribution in [3.8, 4) is 22.8 Å². The zero-order valence-corrected chi connectivity index (χ0v) is 19.8. The molecular weight excluding hydrogens is 605 g/mol. The minimum absolute atomic E-state index is 0. The van der Waals surface area contributed by atoms with Gasteiger partial charge in [-0.2, -0.15) is 0 Å². The number of fused-ring (bicyclic) bond motifs is 1. The van der Waals surface area contributed by atoms with Gasteiger partial charge < -0.3 is 15.0 Å². The van der Waals surface area contributed by atoms with Crippen LogP contribution in [-0.2, 0) is 26.5 Å². The number of aromatic nitrogens is 6. The Labute approximate surface area is 202 Å². The van der Waals surface area contributed by atoms with Gasteiger partial charge in [-0.25, -0.2) is 8.78 Å². The van der Waals surface area contributed by atoms with Gasteiger partial charge in [0.15, 0.2) is 0 Å². The molecule has 0 aromatic carbocycles. The number of pyridine rings is 4. The normalized spacial score (nSPS) is 11.4. The summed E-state index contributed by atoms with van der Waals surface area (Å²) in [6.07, 6.45) is 3.33. The Morgan fingerprint density at radius 2 is 1.58 bits per heavy atom. The van der Waals surface area contributed by atoms with Crippen LogP contribution >= 0.6 is 0 Å². The van der Waals surface area contributed by atoms with Crippen molar-refractivity contribution >= 4 is 11.0 Å². The topological polar surface area (TPSA) is 78.5 Å². The fourth-order valence-corrected chi connectivity index (χ4v) is 3.44. The molecule has 6 nitrogen and oxygen atoms in total. The van der Waals surface area contributed by atoms with Crippen molar-refractivity contribution in [1.82, 2.24) is 29.9 Å². The van der Waals surface area contributed by atoms with Crippen molar-refractivity contribution in [3.63, 3.8) is 0 Å². The van der Waals surface area contributed by atoms with E-state index in [2.05, 4.69) is 31.0 Å². The van der Waals surface area contributed by atoms with E-state index < -0.39 is 17.3 Å². The third-order valence-electron chi connectivity index (χ3n) is 5.24. The third-order valence-corrected chi connectivity index (χ3v) is 5.24. The summed E-state index contributed by atoms with van der Waals surface area (Å²) in [5.74, 6) is -1.37. The molecule has 0 unspecified atom stereocenters. The molecule has 9 heteroatoms. The van der Waals surface area contributed by atoms with Gasteiger partial charge in [-0.3, -0.25) is 15.0 Å². The monoisotopic (exact) mass is 621 g/mol. The van der Waals surface area contributed by atoms with Crippen molar-refractivity contribution in [2.24, 2.45) is 0 Å². The van der Waals surface area contributed by atoms with Crippen molar-refractivity contribution in [2.75, 3.05) is 0 Å². The Bertz CT molecular complexity index is 1420. The van der Waals surface area contributed by atoms with Gasteiger partial charge in [0, 0.05) is 23.5 Å². The maximum Gasteiger partial charge on any atom is 2.00 e. The summed E-state index contributed by atoms with van der Waals surface area (Å²) in [6, 6.07) is 16.2. The number of halogens is 2. The molecule has 5 heterocycles. The van der Waals surface area contributed by atoms with E-state index in [4.69, 9.17) is 4.98 Å². The molecule has 0 fully saturated rings. The van der Waals surface area contributed by atoms with Crippen molar-refractivity contribution in [1.29, 1.82) is 0 Å². The molecule has 0 bridgehead atoms. The molecule has 5 aromatic heterocycles. The van der Waals surface area contributed by atoms with E-state index in [1.165, 1.54) is 0 Å². The maximum atomic E-state index is 14.2. The second-order valence-corrected chi connectivity index (χ2v) is 7.74. The predicted molar refractivity (Wildman–Crippen MR) is 114 cm³/mol. The summed E-state index contributed by atoms with van der Waals surface area (Å²) < 4.78 is 27.3. The standard InChI is InChI=1S/C24H16F2N6.Pt/c1-24(2,19-7-3-5-15(28-19)14-9-10-21(25)32-22(14)26)20-8-4-6-17(29-20)23-30-16-11-12-27-13-18(16)31-23;/h3-8,10-13H,1-2H3;/q-2;+2. The van der Waals surface area contributed by atoms with Crippen LogP contribution in [0.4, 0.5) is 8.78 Å². The smallest absolute Gasteiger partial charge is 0.434 e. The second-order valence-electron chi connectivity index (χ2n) is 7.74. The van der Waals surface area contributed by atoms with Gasteiger partial charge in [-0.15, -0.1) is 6.07 Å². The summed E-state index contributed by atoms with van der Waals surface area (Å²) in [5, 5.41) is 0. The van der Waals surface area contributed by atoms with E-state index in [0.29, 0.717) is 28.4 Å². The molecule has 5 aromatic rings. The first-order valence-corrected chi connectivity index (χ1v) is 9.86. The number of hydrogen-bond acceptors (Lipinski definition) is 5. The van der Waals surface area contributed by atoms with E-state index in [1.807, 2.05) is 38.1 Å². The zero-order chi connectivity index (χ0) is 22.3. The van der Waals surface area contributed by atoms with Crippen LogP contribution in [0, 0.1) is 18.0 Å². The average molecular weight is 622 g/mol. The number of imidazole rings is 1. The summed E-state index contributed by atoms with van der Waals surface area (Å²) in [4.78, 5) is 25.7. The van der Waals surface area contributed by atoms with Crippen LogP contribution in [0.5, 0.6) is 0 Å². The number of rotatable bonds is 4. The fourth-order valence-electron chi connectivity index (χ4n) is 3.44. The molecule has 0 atom stereocenters. The predicted octanol–water partition coefficient (Wildman–Crippen LogP) is 4.51. The van der Waals surface area contributed by atoms with Crippen LogP contribution in [0.15, 0.2) is 60.9 Å². The summed E-state index contributed by atoms with van der Waals surface area (Å²) >= 11 is 0. The van der Waals surface area contributed by atoms with Gasteiger partial charge in [0.2, 0.25) is 0 Å². The van der Waals surface area contributed by atoms with Gasteiger partial charge in [0.1, 0.15) is 11.9 Å². The van der Waals surface area contributed by atoms with Crippen molar-refractivity contribution < 1.29 is 29.8 Å². The second kappa shape index (κ2) is 8.87. The van der Waals surface area contributed by atoms with E-state index in [0.717, 1.165) is 17.3 Å². The molecule has 0 saturated heterocycles. The molecule has 33 heavy (non-hydrogen) atoms. The van der Waals surface area contributed by atoms with Crippen LogP contribution in [0.3, 0.4) is 0 Å². The molecular formula is C24H16F2N6Pt. The Balaban J connectivity index is 0.00000259. The average Bonchev–Trinajstić information content (AvgIpc) is 3.24. The summed E-state index contributed by atoms with van der Waals surface area (Å²) in [7, 11) is 0. The SMILES string of the molecule is CC(C)(c1cccc(-c2nc3cnccc3[n-]2)n1)c1cccc(-c2[c-]cc(F)nc2F)n1.[Pt+2]. The summed E-state index contributed by atoms with van der Waals surface area (Å²) in [6.45, 7) is 3.95. The Morgan fingerprint density at radius 3 is 2.27 bits per heavy atom. The minimum Gasteiger partial charge on any atom is -0.434 e. The maximum absolute atomic E-state index is 14.2. The number of hydrogen-bond donors (Lipinski definition) is 0. The van der Waals surface area contributed by atoms with Gasteiger partial charge in [0.25, 0.3) is 0 Å². The first-order valence-electron chi connectivity index (χ1n) is 9.86. The van der Waals surface area contributed by atoms with E-state index in [-0.39, 0.29) is 26.6 Å². The zero-order valence-electron chi connectivity index (χ0n) is 17.5. The number of nitrogens with zero attached hydrogens (tertiary/aromatic N) is 6. The quantitative estimate of drug-likeness (QED) is 0.217. The van der Waals surface area contributed by atoms with E-state index in [9.17, 15) is 8.78 Å². The minimum atomic E-state index is -0.956. The molecule has 0 aliphatic carbocycles. The first kappa shape index (κ1) is 22.8. The first-order chi connectivity index (χ1) is 15.4. The van der Waals surface area contributed by atoms with E-state index >= 15 is 0 Å².